The Morgan fingerprint density at radius 3 is 3.17 bits per heavy atom. The van der Waals surface area contributed by atoms with Gasteiger partial charge in [-0.25, -0.2) is 0 Å². The molecule has 124 valence electrons. The Morgan fingerprint density at radius 2 is 2.43 bits per heavy atom. The van der Waals surface area contributed by atoms with E-state index in [9.17, 15) is 9.59 Å². The van der Waals surface area contributed by atoms with Crippen LogP contribution in [-0.4, -0.2) is 50.5 Å². The van der Waals surface area contributed by atoms with Crippen LogP contribution in [0.2, 0.25) is 0 Å². The first kappa shape index (κ1) is 16.0. The zero-order valence-electron chi connectivity index (χ0n) is 12.9. The van der Waals surface area contributed by atoms with Gasteiger partial charge < -0.3 is 10.1 Å². The van der Waals surface area contributed by atoms with Crippen molar-refractivity contribution in [2.45, 2.75) is 37.4 Å². The second-order valence-electron chi connectivity index (χ2n) is 5.35. The maximum atomic E-state index is 11.9. The Kier molecular flexibility index (Phi) is 4.97. The van der Waals surface area contributed by atoms with Gasteiger partial charge >= 0.3 is 0 Å². The molecule has 0 bridgehead atoms. The average molecular weight is 337 g/mol. The first-order valence-electron chi connectivity index (χ1n) is 7.66. The zero-order valence-corrected chi connectivity index (χ0v) is 13.7. The van der Waals surface area contributed by atoms with Crippen molar-refractivity contribution in [1.82, 2.24) is 24.9 Å². The summed E-state index contributed by atoms with van der Waals surface area (Å²) in [6.45, 7) is 3.28. The van der Waals surface area contributed by atoms with Gasteiger partial charge in [0.25, 0.3) is 5.56 Å². The molecule has 1 fully saturated rings. The van der Waals surface area contributed by atoms with Gasteiger partial charge in [0, 0.05) is 24.9 Å². The van der Waals surface area contributed by atoms with Crippen LogP contribution in [-0.2, 0) is 16.0 Å². The van der Waals surface area contributed by atoms with E-state index in [2.05, 4.69) is 20.5 Å². The number of thioether (sulfide) groups is 1. The zero-order chi connectivity index (χ0) is 16.2. The van der Waals surface area contributed by atoms with Crippen LogP contribution >= 0.6 is 11.8 Å². The Balaban J connectivity index is 1.62. The highest BCUT2D eigenvalue weighted by Crippen LogP contribution is 2.17. The van der Waals surface area contributed by atoms with Gasteiger partial charge in [0.1, 0.15) is 0 Å². The number of carbonyl (C=O) groups is 1. The third-order valence-electron chi connectivity index (χ3n) is 3.70. The summed E-state index contributed by atoms with van der Waals surface area (Å²) in [5, 5.41) is 11.5. The highest BCUT2D eigenvalue weighted by atomic mass is 32.2. The molecule has 3 rings (SSSR count). The quantitative estimate of drug-likeness (QED) is 0.739. The minimum atomic E-state index is -0.201. The third kappa shape index (κ3) is 3.73. The number of rotatable bonds is 6. The molecule has 8 nitrogen and oxygen atoms in total. The topological polar surface area (TPSA) is 101 Å². The van der Waals surface area contributed by atoms with Gasteiger partial charge in [-0.15, -0.1) is 10.2 Å². The van der Waals surface area contributed by atoms with Gasteiger partial charge in [-0.3, -0.25) is 19.0 Å². The van der Waals surface area contributed by atoms with Crippen molar-refractivity contribution >= 4 is 23.4 Å². The first-order chi connectivity index (χ1) is 11.2. The molecule has 2 aromatic rings. The molecule has 1 aliphatic rings. The predicted molar refractivity (Wildman–Crippen MR) is 85.7 cm³/mol. The first-order valence-corrected chi connectivity index (χ1v) is 8.64. The largest absolute Gasteiger partial charge is 0.376 e. The van der Waals surface area contributed by atoms with Crippen molar-refractivity contribution in [2.24, 2.45) is 0 Å². The number of ether oxygens (including phenoxy) is 1. The number of hydrogen-bond acceptors (Lipinski definition) is 6. The van der Waals surface area contributed by atoms with E-state index in [1.807, 2.05) is 6.92 Å². The van der Waals surface area contributed by atoms with Crippen LogP contribution in [0.5, 0.6) is 0 Å². The van der Waals surface area contributed by atoms with Gasteiger partial charge in [0.05, 0.1) is 11.9 Å². The molecule has 0 radical (unpaired) electrons. The lowest BCUT2D eigenvalue weighted by Gasteiger charge is -2.10. The number of H-pyrrole nitrogens is 1. The second-order valence-corrected chi connectivity index (χ2v) is 6.29. The highest BCUT2D eigenvalue weighted by Gasteiger charge is 2.17. The summed E-state index contributed by atoms with van der Waals surface area (Å²) in [6, 6.07) is 1.53. The minimum Gasteiger partial charge on any atom is -0.376 e. The molecule has 23 heavy (non-hydrogen) atoms. The molecule has 9 heteroatoms. The molecule has 1 saturated heterocycles. The fraction of sp³-hybridized carbons (Fsp3) is 0.571. The SMILES string of the molecule is CCc1cc(=O)[nH]c2nnc(SCC(=O)NCC3CCCO3)n12. The lowest BCUT2D eigenvalue weighted by atomic mass is 10.2. The van der Waals surface area contributed by atoms with Crippen LogP contribution in [0.15, 0.2) is 16.0 Å². The van der Waals surface area contributed by atoms with E-state index in [0.717, 1.165) is 25.1 Å². The summed E-state index contributed by atoms with van der Waals surface area (Å²) in [4.78, 5) is 26.1. The van der Waals surface area contributed by atoms with Crippen LogP contribution in [0.4, 0.5) is 0 Å². The lowest BCUT2D eigenvalue weighted by molar-refractivity contribution is -0.119. The van der Waals surface area contributed by atoms with Gasteiger partial charge in [-0.2, -0.15) is 0 Å². The van der Waals surface area contributed by atoms with Crippen LogP contribution < -0.4 is 10.9 Å². The number of aromatic nitrogens is 4. The molecule has 0 saturated carbocycles. The maximum absolute atomic E-state index is 11.9. The van der Waals surface area contributed by atoms with Gasteiger partial charge in [0.15, 0.2) is 5.16 Å². The van der Waals surface area contributed by atoms with Crippen molar-refractivity contribution in [1.29, 1.82) is 0 Å². The monoisotopic (exact) mass is 337 g/mol. The Labute approximate surface area is 137 Å². The number of nitrogens with zero attached hydrogens (tertiary/aromatic N) is 3. The van der Waals surface area contributed by atoms with Gasteiger partial charge in [-0.05, 0) is 19.3 Å². The smallest absolute Gasteiger partial charge is 0.252 e. The van der Waals surface area contributed by atoms with Crippen LogP contribution in [0.3, 0.4) is 0 Å². The number of fused-ring (bicyclic) bond motifs is 1. The summed E-state index contributed by atoms with van der Waals surface area (Å²) in [5.41, 5.74) is 0.614. The van der Waals surface area contributed by atoms with Gasteiger partial charge in [0.2, 0.25) is 11.7 Å². The summed E-state index contributed by atoms with van der Waals surface area (Å²) in [6.07, 6.45) is 2.86. The molecule has 0 aromatic carbocycles. The Morgan fingerprint density at radius 1 is 1.57 bits per heavy atom. The molecule has 2 N–H and O–H groups in total. The van der Waals surface area contributed by atoms with E-state index in [1.165, 1.54) is 17.8 Å². The number of hydrogen-bond donors (Lipinski definition) is 2. The third-order valence-corrected chi connectivity index (χ3v) is 4.63. The standard InChI is InChI=1S/C14H19N5O3S/c1-2-9-6-11(20)16-13-17-18-14(19(9)13)23-8-12(21)15-7-10-4-3-5-22-10/h6,10H,2-5,7-8H2,1H3,(H,15,21)(H,16,17,20). The molecule has 1 aliphatic heterocycles. The Bertz CT molecular complexity index is 750. The van der Waals surface area contributed by atoms with Gasteiger partial charge in [-0.1, -0.05) is 18.7 Å². The molecule has 1 unspecified atom stereocenters. The van der Waals surface area contributed by atoms with Crippen LogP contribution in [0.25, 0.3) is 5.78 Å². The molecular weight excluding hydrogens is 318 g/mol. The molecular formula is C14H19N5O3S. The normalized spacial score (nSPS) is 17.7. The van der Waals surface area contributed by atoms with E-state index < -0.39 is 0 Å². The van der Waals surface area contributed by atoms with Crippen molar-refractivity contribution in [3.8, 4) is 0 Å². The number of carbonyl (C=O) groups excluding carboxylic acids is 1. The molecule has 0 spiro atoms. The fourth-order valence-corrected chi connectivity index (χ4v) is 3.33. The maximum Gasteiger partial charge on any atom is 0.252 e. The molecule has 1 amide bonds. The summed E-state index contributed by atoms with van der Waals surface area (Å²) in [7, 11) is 0. The minimum absolute atomic E-state index is 0.0651. The van der Waals surface area contributed by atoms with Crippen LogP contribution in [0.1, 0.15) is 25.5 Å². The Hall–Kier alpha value is -1.87. The van der Waals surface area contributed by atoms with Crippen molar-refractivity contribution in [2.75, 3.05) is 18.9 Å². The molecule has 2 aromatic heterocycles. The molecule has 0 aliphatic carbocycles. The van der Waals surface area contributed by atoms with Crippen molar-refractivity contribution in [3.05, 3.63) is 22.1 Å². The van der Waals surface area contributed by atoms with E-state index in [1.54, 1.807) is 4.40 Å². The van der Waals surface area contributed by atoms with E-state index >= 15 is 0 Å². The fourth-order valence-electron chi connectivity index (χ4n) is 2.54. The van der Waals surface area contributed by atoms with Crippen molar-refractivity contribution in [3.63, 3.8) is 0 Å². The second kappa shape index (κ2) is 7.14. The van der Waals surface area contributed by atoms with Crippen LogP contribution in [0, 0.1) is 0 Å². The number of aromatic amines is 1. The molecule has 3 heterocycles. The van der Waals surface area contributed by atoms with E-state index in [4.69, 9.17) is 4.74 Å². The number of aryl methyl sites for hydroxylation is 1. The number of nitrogens with one attached hydrogen (secondary N) is 2. The summed E-state index contributed by atoms with van der Waals surface area (Å²) >= 11 is 1.30. The lowest BCUT2D eigenvalue weighted by Crippen LogP contribution is -2.32. The highest BCUT2D eigenvalue weighted by molar-refractivity contribution is 7.99. The number of amides is 1. The summed E-state index contributed by atoms with van der Waals surface area (Å²) < 4.78 is 7.25. The van der Waals surface area contributed by atoms with E-state index in [-0.39, 0.29) is 23.3 Å². The van der Waals surface area contributed by atoms with Crippen molar-refractivity contribution < 1.29 is 9.53 Å². The molecule has 1 atom stereocenters. The summed E-state index contributed by atoms with van der Waals surface area (Å²) in [5.74, 6) is 0.580. The van der Waals surface area contributed by atoms with E-state index in [0.29, 0.717) is 23.9 Å². The average Bonchev–Trinajstić information content (AvgIpc) is 3.19. The predicted octanol–water partition coefficient (Wildman–Crippen LogP) is 0.367.